The molecule has 0 unspecified atom stereocenters. The number of rotatable bonds is 4. The number of nitrogen functional groups attached to an aromatic ring is 1. The standard InChI is InChI=1S/C16H13FN2.C14H12N4/c1-11-9-14-13(15(17)10-11)3-2-4-16(14)19-12-5-7-18-8-6-12;15-14-7-11(5-6-17-14)18-13-9-16-8-10-3-1-2-4-12(10)13/h2-10H,1H3,(H,18,19);1-9H,(H3,15,17,18). The second-order valence-electron chi connectivity index (χ2n) is 8.51. The SMILES string of the molecule is Cc1cc(F)c2cccc(Nc3ccncc3)c2c1.Nc1cc(Nc2cncc3ccccc23)ccn1. The highest BCUT2D eigenvalue weighted by atomic mass is 19.1. The zero-order valence-electron chi connectivity index (χ0n) is 20.2. The molecule has 0 bridgehead atoms. The molecule has 6 nitrogen and oxygen atoms in total. The Morgan fingerprint density at radius 1 is 0.676 bits per heavy atom. The summed E-state index contributed by atoms with van der Waals surface area (Å²) < 4.78 is 13.9. The number of halogens is 1. The van der Waals surface area contributed by atoms with Crippen LogP contribution in [0.25, 0.3) is 21.5 Å². The fourth-order valence-corrected chi connectivity index (χ4v) is 4.07. The molecule has 3 heterocycles. The number of hydrogen-bond acceptors (Lipinski definition) is 6. The van der Waals surface area contributed by atoms with Gasteiger partial charge in [0.2, 0.25) is 0 Å². The number of pyridine rings is 3. The van der Waals surface area contributed by atoms with Gasteiger partial charge in [-0.25, -0.2) is 9.37 Å². The summed E-state index contributed by atoms with van der Waals surface area (Å²) in [7, 11) is 0. The molecule has 6 rings (SSSR count). The van der Waals surface area contributed by atoms with Gasteiger partial charge in [0.1, 0.15) is 11.6 Å². The number of aryl methyl sites for hydroxylation is 1. The molecule has 7 heteroatoms. The third-order valence-corrected chi connectivity index (χ3v) is 5.78. The van der Waals surface area contributed by atoms with Gasteiger partial charge in [-0.2, -0.15) is 0 Å². The van der Waals surface area contributed by atoms with Crippen LogP contribution in [0, 0.1) is 12.7 Å². The van der Waals surface area contributed by atoms with Crippen LogP contribution in [0.3, 0.4) is 0 Å². The summed E-state index contributed by atoms with van der Waals surface area (Å²) in [6, 6.07) is 24.7. The van der Waals surface area contributed by atoms with Gasteiger partial charge in [0.25, 0.3) is 0 Å². The molecule has 0 atom stereocenters. The van der Waals surface area contributed by atoms with Crippen molar-refractivity contribution in [2.24, 2.45) is 0 Å². The van der Waals surface area contributed by atoms with E-state index in [9.17, 15) is 4.39 Å². The Labute approximate surface area is 214 Å². The van der Waals surface area contributed by atoms with E-state index in [1.165, 1.54) is 0 Å². The molecule has 6 aromatic rings. The third kappa shape index (κ3) is 5.62. The van der Waals surface area contributed by atoms with E-state index in [-0.39, 0.29) is 5.82 Å². The topological polar surface area (TPSA) is 88.8 Å². The van der Waals surface area contributed by atoms with Crippen molar-refractivity contribution in [3.63, 3.8) is 0 Å². The van der Waals surface area contributed by atoms with Crippen LogP contribution in [-0.4, -0.2) is 15.0 Å². The molecule has 182 valence electrons. The molecule has 0 saturated heterocycles. The first-order valence-electron chi connectivity index (χ1n) is 11.7. The van der Waals surface area contributed by atoms with Crippen molar-refractivity contribution in [3.8, 4) is 0 Å². The molecule has 37 heavy (non-hydrogen) atoms. The van der Waals surface area contributed by atoms with Crippen molar-refractivity contribution < 1.29 is 4.39 Å². The summed E-state index contributed by atoms with van der Waals surface area (Å²) in [5.74, 6) is 0.307. The lowest BCUT2D eigenvalue weighted by Crippen LogP contribution is -1.95. The van der Waals surface area contributed by atoms with Gasteiger partial charge in [0.05, 0.1) is 11.9 Å². The van der Waals surface area contributed by atoms with Crippen LogP contribution in [0.4, 0.5) is 33.0 Å². The van der Waals surface area contributed by atoms with Gasteiger partial charge in [0.15, 0.2) is 0 Å². The molecule has 0 radical (unpaired) electrons. The molecule has 0 aliphatic heterocycles. The van der Waals surface area contributed by atoms with Crippen LogP contribution < -0.4 is 16.4 Å². The molecule has 0 saturated carbocycles. The highest BCUT2D eigenvalue weighted by Crippen LogP contribution is 2.29. The van der Waals surface area contributed by atoms with Crippen LogP contribution in [0.15, 0.2) is 110 Å². The van der Waals surface area contributed by atoms with Crippen LogP contribution in [-0.2, 0) is 0 Å². The first kappa shape index (κ1) is 23.7. The predicted octanol–water partition coefficient (Wildman–Crippen LogP) is 7.38. The fourth-order valence-electron chi connectivity index (χ4n) is 4.07. The van der Waals surface area contributed by atoms with Crippen molar-refractivity contribution in [1.29, 1.82) is 0 Å². The summed E-state index contributed by atoms with van der Waals surface area (Å²) in [4.78, 5) is 12.2. The molecule has 4 N–H and O–H groups in total. The quantitative estimate of drug-likeness (QED) is 0.240. The minimum atomic E-state index is -0.187. The lowest BCUT2D eigenvalue weighted by molar-refractivity contribution is 0.639. The van der Waals surface area contributed by atoms with Gasteiger partial charge in [-0.3, -0.25) is 9.97 Å². The van der Waals surface area contributed by atoms with Crippen LogP contribution >= 0.6 is 0 Å². The Bertz CT molecular complexity index is 1670. The van der Waals surface area contributed by atoms with E-state index >= 15 is 0 Å². The summed E-state index contributed by atoms with van der Waals surface area (Å²) in [5.41, 5.74) is 10.3. The molecule has 3 aromatic heterocycles. The van der Waals surface area contributed by atoms with E-state index in [2.05, 4.69) is 31.7 Å². The Balaban J connectivity index is 0.000000152. The summed E-state index contributed by atoms with van der Waals surface area (Å²) in [6.07, 6.45) is 8.77. The summed E-state index contributed by atoms with van der Waals surface area (Å²) >= 11 is 0. The first-order chi connectivity index (χ1) is 18.1. The molecule has 3 aromatic carbocycles. The van der Waals surface area contributed by atoms with Crippen molar-refractivity contribution >= 4 is 50.1 Å². The first-order valence-corrected chi connectivity index (χ1v) is 11.7. The van der Waals surface area contributed by atoms with Gasteiger partial charge in [0, 0.05) is 69.5 Å². The maximum Gasteiger partial charge on any atom is 0.131 e. The number of benzene rings is 3. The highest BCUT2D eigenvalue weighted by molar-refractivity contribution is 5.96. The average Bonchev–Trinajstić information content (AvgIpc) is 2.90. The Kier molecular flexibility index (Phi) is 6.85. The number of fused-ring (bicyclic) bond motifs is 2. The van der Waals surface area contributed by atoms with E-state index in [0.717, 1.165) is 44.5 Å². The van der Waals surface area contributed by atoms with E-state index in [1.807, 2.05) is 67.7 Å². The number of nitrogens with zero attached hydrogens (tertiary/aromatic N) is 3. The van der Waals surface area contributed by atoms with E-state index in [4.69, 9.17) is 5.73 Å². The van der Waals surface area contributed by atoms with Crippen molar-refractivity contribution in [3.05, 3.63) is 121 Å². The molecular formula is C30H25FN6. The van der Waals surface area contributed by atoms with Gasteiger partial charge in [-0.05, 0) is 48.9 Å². The fraction of sp³-hybridized carbons (Fsp3) is 0.0333. The maximum atomic E-state index is 13.9. The Hall–Kier alpha value is -5.04. The largest absolute Gasteiger partial charge is 0.384 e. The maximum absolute atomic E-state index is 13.9. The minimum Gasteiger partial charge on any atom is -0.384 e. The number of nitrogens with two attached hydrogens (primary N) is 1. The zero-order valence-corrected chi connectivity index (χ0v) is 20.2. The monoisotopic (exact) mass is 488 g/mol. The Morgan fingerprint density at radius 2 is 1.43 bits per heavy atom. The van der Waals surface area contributed by atoms with Gasteiger partial charge in [-0.1, -0.05) is 36.4 Å². The van der Waals surface area contributed by atoms with E-state index in [0.29, 0.717) is 11.2 Å². The van der Waals surface area contributed by atoms with Gasteiger partial charge in [-0.15, -0.1) is 0 Å². The number of hydrogen-bond donors (Lipinski definition) is 3. The second-order valence-corrected chi connectivity index (χ2v) is 8.51. The lowest BCUT2D eigenvalue weighted by Gasteiger charge is -2.11. The van der Waals surface area contributed by atoms with E-state index in [1.54, 1.807) is 43.0 Å². The number of anilines is 5. The molecule has 0 aliphatic carbocycles. The van der Waals surface area contributed by atoms with Crippen molar-refractivity contribution in [2.45, 2.75) is 6.92 Å². The number of aromatic nitrogens is 3. The highest BCUT2D eigenvalue weighted by Gasteiger charge is 2.06. The van der Waals surface area contributed by atoms with Crippen molar-refractivity contribution in [2.75, 3.05) is 16.4 Å². The molecule has 0 fully saturated rings. The van der Waals surface area contributed by atoms with Crippen LogP contribution in [0.5, 0.6) is 0 Å². The second kappa shape index (κ2) is 10.7. The van der Waals surface area contributed by atoms with Crippen LogP contribution in [0.1, 0.15) is 5.56 Å². The van der Waals surface area contributed by atoms with E-state index < -0.39 is 0 Å². The number of nitrogens with one attached hydrogen (secondary N) is 2. The lowest BCUT2D eigenvalue weighted by atomic mass is 10.1. The van der Waals surface area contributed by atoms with Crippen molar-refractivity contribution in [1.82, 2.24) is 15.0 Å². The smallest absolute Gasteiger partial charge is 0.131 e. The molecular weight excluding hydrogens is 463 g/mol. The third-order valence-electron chi connectivity index (χ3n) is 5.78. The molecule has 0 aliphatic rings. The van der Waals surface area contributed by atoms with Crippen LogP contribution in [0.2, 0.25) is 0 Å². The zero-order chi connectivity index (χ0) is 25.6. The van der Waals surface area contributed by atoms with Gasteiger partial charge >= 0.3 is 0 Å². The summed E-state index contributed by atoms with van der Waals surface area (Å²) in [5, 5.41) is 10.3. The molecule has 0 amide bonds. The predicted molar refractivity (Wildman–Crippen MR) is 150 cm³/mol. The summed E-state index contributed by atoms with van der Waals surface area (Å²) in [6.45, 7) is 1.89. The average molecular weight is 489 g/mol. The minimum absolute atomic E-state index is 0.187. The van der Waals surface area contributed by atoms with Gasteiger partial charge < -0.3 is 16.4 Å². The Morgan fingerprint density at radius 3 is 2.27 bits per heavy atom. The normalized spacial score (nSPS) is 10.5. The molecule has 0 spiro atoms.